The minimum atomic E-state index is -3.83. The van der Waals surface area contributed by atoms with Crippen LogP contribution in [0, 0.1) is 5.82 Å². The summed E-state index contributed by atoms with van der Waals surface area (Å²) in [7, 11) is -2.25. The first-order chi connectivity index (χ1) is 13.7. The quantitative estimate of drug-likeness (QED) is 0.711. The minimum absolute atomic E-state index is 0.0260. The van der Waals surface area contributed by atoms with E-state index in [1.165, 1.54) is 6.07 Å². The molecule has 156 valence electrons. The Bertz CT molecular complexity index is 986. The second kappa shape index (κ2) is 8.51. The molecule has 0 spiro atoms. The molecular weight excluding hydrogens is 395 g/mol. The summed E-state index contributed by atoms with van der Waals surface area (Å²) < 4.78 is 46.9. The topological polar surface area (TPSA) is 75.7 Å². The molecule has 1 aliphatic rings. The lowest BCUT2D eigenvalue weighted by molar-refractivity contribution is 0.0725. The fourth-order valence-electron chi connectivity index (χ4n) is 3.05. The summed E-state index contributed by atoms with van der Waals surface area (Å²) in [5.41, 5.74) is 0.647. The fourth-order valence-corrected chi connectivity index (χ4v) is 4.33. The van der Waals surface area contributed by atoms with Crippen molar-refractivity contribution >= 4 is 15.9 Å². The van der Waals surface area contributed by atoms with Gasteiger partial charge in [0.1, 0.15) is 11.6 Å². The number of nitrogens with zero attached hydrogens (tertiary/aromatic N) is 1. The van der Waals surface area contributed by atoms with Crippen molar-refractivity contribution in [3.63, 3.8) is 0 Å². The van der Waals surface area contributed by atoms with Gasteiger partial charge in [0.15, 0.2) is 0 Å². The third-order valence-electron chi connectivity index (χ3n) is 4.63. The van der Waals surface area contributed by atoms with Crippen LogP contribution in [0.2, 0.25) is 0 Å². The van der Waals surface area contributed by atoms with Crippen LogP contribution >= 0.6 is 0 Å². The lowest BCUT2D eigenvalue weighted by Gasteiger charge is -2.23. The van der Waals surface area contributed by atoms with Gasteiger partial charge in [0, 0.05) is 18.6 Å². The molecule has 1 N–H and O–H groups in total. The van der Waals surface area contributed by atoms with Gasteiger partial charge in [-0.3, -0.25) is 4.79 Å². The van der Waals surface area contributed by atoms with Crippen LogP contribution in [0.1, 0.15) is 42.6 Å². The maximum atomic E-state index is 14.5. The Morgan fingerprint density at radius 3 is 2.41 bits per heavy atom. The predicted molar refractivity (Wildman–Crippen MR) is 108 cm³/mol. The maximum Gasteiger partial charge on any atom is 0.257 e. The molecule has 0 heterocycles. The van der Waals surface area contributed by atoms with Crippen LogP contribution in [-0.4, -0.2) is 38.4 Å². The number of hydrogen-bond acceptors (Lipinski definition) is 4. The lowest BCUT2D eigenvalue weighted by Crippen LogP contribution is -2.34. The summed E-state index contributed by atoms with van der Waals surface area (Å²) in [5, 5.41) is 0. The summed E-state index contributed by atoms with van der Waals surface area (Å²) >= 11 is 0. The highest BCUT2D eigenvalue weighted by atomic mass is 32.2. The first-order valence-electron chi connectivity index (χ1n) is 9.47. The minimum Gasteiger partial charge on any atom is -0.497 e. The van der Waals surface area contributed by atoms with Gasteiger partial charge in [0.25, 0.3) is 5.91 Å². The maximum absolute atomic E-state index is 14.5. The van der Waals surface area contributed by atoms with E-state index < -0.39 is 21.7 Å². The average molecular weight is 421 g/mol. The van der Waals surface area contributed by atoms with E-state index in [0.29, 0.717) is 12.3 Å². The highest BCUT2D eigenvalue weighted by Crippen LogP contribution is 2.31. The van der Waals surface area contributed by atoms with Crippen LogP contribution in [-0.2, 0) is 16.6 Å². The molecule has 3 rings (SSSR count). The summed E-state index contributed by atoms with van der Waals surface area (Å²) in [4.78, 5) is 14.6. The summed E-state index contributed by atoms with van der Waals surface area (Å²) in [6.45, 7) is 3.70. The number of amides is 1. The first-order valence-corrected chi connectivity index (χ1v) is 11.0. The van der Waals surface area contributed by atoms with Crippen molar-refractivity contribution in [2.24, 2.45) is 0 Å². The zero-order valence-electron chi connectivity index (χ0n) is 16.7. The number of carbonyl (C=O) groups is 1. The van der Waals surface area contributed by atoms with E-state index >= 15 is 0 Å². The third-order valence-corrected chi connectivity index (χ3v) is 6.29. The Kier molecular flexibility index (Phi) is 6.24. The van der Waals surface area contributed by atoms with Gasteiger partial charge in [0.2, 0.25) is 10.0 Å². The number of carbonyl (C=O) groups excluding carboxylic acids is 1. The summed E-state index contributed by atoms with van der Waals surface area (Å²) in [6.07, 6.45) is 1.69. The molecule has 0 aromatic heterocycles. The Hall–Kier alpha value is -2.45. The highest BCUT2D eigenvalue weighted by molar-refractivity contribution is 7.89. The number of sulfonamides is 1. The Balaban J connectivity index is 1.89. The number of ether oxygens (including phenoxy) is 1. The van der Waals surface area contributed by atoms with Crippen LogP contribution in [0.15, 0.2) is 47.4 Å². The lowest BCUT2D eigenvalue weighted by atomic mass is 10.1. The molecule has 1 saturated carbocycles. The zero-order valence-corrected chi connectivity index (χ0v) is 17.5. The monoisotopic (exact) mass is 420 g/mol. The Morgan fingerprint density at radius 2 is 1.86 bits per heavy atom. The number of nitrogens with one attached hydrogen (secondary N) is 1. The molecule has 29 heavy (non-hydrogen) atoms. The van der Waals surface area contributed by atoms with Gasteiger partial charge < -0.3 is 9.64 Å². The number of benzene rings is 2. The second-order valence-corrected chi connectivity index (χ2v) is 9.14. The molecule has 0 bridgehead atoms. The Morgan fingerprint density at radius 1 is 1.21 bits per heavy atom. The fraction of sp³-hybridized carbons (Fsp3) is 0.381. The second-order valence-electron chi connectivity index (χ2n) is 7.43. The molecule has 1 amide bonds. The van der Waals surface area contributed by atoms with Gasteiger partial charge >= 0.3 is 0 Å². The van der Waals surface area contributed by atoms with Gasteiger partial charge in [-0.15, -0.1) is 0 Å². The molecule has 2 aromatic carbocycles. The van der Waals surface area contributed by atoms with Crippen molar-refractivity contribution in [1.29, 1.82) is 0 Å². The molecule has 0 atom stereocenters. The van der Waals surface area contributed by atoms with Crippen LogP contribution < -0.4 is 9.46 Å². The van der Waals surface area contributed by atoms with Crippen LogP contribution in [0.5, 0.6) is 5.75 Å². The first kappa shape index (κ1) is 21.3. The van der Waals surface area contributed by atoms with Gasteiger partial charge in [-0.2, -0.15) is 0 Å². The smallest absolute Gasteiger partial charge is 0.257 e. The number of rotatable bonds is 8. The molecular formula is C21H25FN2O4S. The normalized spacial score (nSPS) is 14.1. The van der Waals surface area contributed by atoms with Gasteiger partial charge in [0.05, 0.1) is 17.6 Å². The van der Waals surface area contributed by atoms with Gasteiger partial charge in [-0.05, 0) is 62.6 Å². The molecule has 2 aromatic rings. The molecule has 6 nitrogen and oxygen atoms in total. The predicted octanol–water partition coefficient (Wildman–Crippen LogP) is 3.33. The Labute approximate surface area is 170 Å². The average Bonchev–Trinajstić information content (AvgIpc) is 3.50. The molecule has 1 fully saturated rings. The molecule has 0 radical (unpaired) electrons. The number of hydrogen-bond donors (Lipinski definition) is 1. The van der Waals surface area contributed by atoms with Crippen molar-refractivity contribution in [3.8, 4) is 5.75 Å². The van der Waals surface area contributed by atoms with Crippen molar-refractivity contribution < 1.29 is 22.3 Å². The van der Waals surface area contributed by atoms with E-state index in [4.69, 9.17) is 4.74 Å². The summed E-state index contributed by atoms with van der Waals surface area (Å²) in [6, 6.07) is 10.3. The molecule has 1 aliphatic carbocycles. The largest absolute Gasteiger partial charge is 0.497 e. The SMILES string of the molecule is COc1ccc(CN(C(=O)c2cc(S(=O)(=O)NC(C)C)ccc2F)C2CC2)cc1. The van der Waals surface area contributed by atoms with Crippen molar-refractivity contribution in [2.75, 3.05) is 7.11 Å². The van der Waals surface area contributed by atoms with Crippen LogP contribution in [0.25, 0.3) is 0 Å². The van der Waals surface area contributed by atoms with E-state index in [1.807, 2.05) is 12.1 Å². The van der Waals surface area contributed by atoms with E-state index in [1.54, 1.807) is 38.0 Å². The van der Waals surface area contributed by atoms with Gasteiger partial charge in [-0.1, -0.05) is 12.1 Å². The van der Waals surface area contributed by atoms with Crippen molar-refractivity contribution in [2.45, 2.75) is 50.2 Å². The van der Waals surface area contributed by atoms with Crippen molar-refractivity contribution in [1.82, 2.24) is 9.62 Å². The third kappa shape index (κ3) is 5.13. The van der Waals surface area contributed by atoms with E-state index in [2.05, 4.69) is 4.72 Å². The summed E-state index contributed by atoms with van der Waals surface area (Å²) in [5.74, 6) is -0.541. The van der Waals surface area contributed by atoms with Crippen LogP contribution in [0.4, 0.5) is 4.39 Å². The molecule has 0 saturated heterocycles. The number of halogens is 1. The van der Waals surface area contributed by atoms with Crippen LogP contribution in [0.3, 0.4) is 0 Å². The zero-order chi connectivity index (χ0) is 21.2. The highest BCUT2D eigenvalue weighted by Gasteiger charge is 2.34. The van der Waals surface area contributed by atoms with Crippen molar-refractivity contribution in [3.05, 3.63) is 59.4 Å². The molecule has 0 unspecified atom stereocenters. The number of methoxy groups -OCH3 is 1. The molecule has 0 aliphatic heterocycles. The molecule has 8 heteroatoms. The standard InChI is InChI=1S/C21H25FN2O4S/c1-14(2)23-29(26,27)18-10-11-20(22)19(12-18)21(25)24(16-6-7-16)13-15-4-8-17(28-3)9-5-15/h4-5,8-12,14,16,23H,6-7,13H2,1-3H3. The van der Waals surface area contributed by atoms with E-state index in [0.717, 1.165) is 30.5 Å². The van der Waals surface area contributed by atoms with Gasteiger partial charge in [-0.25, -0.2) is 17.5 Å². The van der Waals surface area contributed by atoms with E-state index in [-0.39, 0.29) is 22.5 Å². The van der Waals surface area contributed by atoms with E-state index in [9.17, 15) is 17.6 Å².